The number of pyridine rings is 1. The summed E-state index contributed by atoms with van der Waals surface area (Å²) in [5.41, 5.74) is 1.76. The molecule has 3 atom stereocenters. The van der Waals surface area contributed by atoms with Crippen molar-refractivity contribution in [3.63, 3.8) is 0 Å². The average molecular weight is 464 g/mol. The van der Waals surface area contributed by atoms with Crippen molar-refractivity contribution in [1.82, 2.24) is 20.9 Å². The van der Waals surface area contributed by atoms with E-state index >= 15 is 0 Å². The van der Waals surface area contributed by atoms with Gasteiger partial charge in [-0.25, -0.2) is 4.98 Å². The second-order valence-corrected chi connectivity index (χ2v) is 8.10. The largest absolute Gasteiger partial charge is 0.482 e. The number of halogens is 3. The highest BCUT2D eigenvalue weighted by molar-refractivity contribution is 5.92. The molecule has 10 heteroatoms. The summed E-state index contributed by atoms with van der Waals surface area (Å²) in [6, 6.07) is 9.11. The third-order valence-electron chi connectivity index (χ3n) is 5.34. The Morgan fingerprint density at radius 2 is 1.91 bits per heavy atom. The summed E-state index contributed by atoms with van der Waals surface area (Å²) in [6.45, 7) is 4.94. The first-order valence-corrected chi connectivity index (χ1v) is 10.7. The summed E-state index contributed by atoms with van der Waals surface area (Å²) in [7, 11) is 0. The van der Waals surface area contributed by atoms with Gasteiger partial charge >= 0.3 is 12.1 Å². The summed E-state index contributed by atoms with van der Waals surface area (Å²) in [5, 5.41) is 8.09. The molecule has 1 saturated heterocycles. The number of nitrogens with zero attached hydrogens (tertiary/aromatic N) is 1. The van der Waals surface area contributed by atoms with E-state index in [0.29, 0.717) is 12.1 Å². The maximum absolute atomic E-state index is 12.7. The van der Waals surface area contributed by atoms with Gasteiger partial charge in [-0.1, -0.05) is 29.8 Å². The molecule has 0 aliphatic carbocycles. The Labute approximate surface area is 190 Å². The molecule has 0 spiro atoms. The number of hydrogen-bond acceptors (Lipinski definition) is 5. The zero-order valence-corrected chi connectivity index (χ0v) is 18.4. The summed E-state index contributed by atoms with van der Waals surface area (Å²) in [5.74, 6) is -2.10. The third-order valence-corrected chi connectivity index (χ3v) is 5.34. The number of piperidine rings is 1. The Morgan fingerprint density at radius 1 is 1.18 bits per heavy atom. The second kappa shape index (κ2) is 10.7. The van der Waals surface area contributed by atoms with Crippen LogP contribution in [0, 0.1) is 6.92 Å². The van der Waals surface area contributed by atoms with Gasteiger partial charge in [-0.15, -0.1) is 0 Å². The van der Waals surface area contributed by atoms with Crippen molar-refractivity contribution in [2.24, 2.45) is 0 Å². The lowest BCUT2D eigenvalue weighted by Gasteiger charge is -2.27. The molecule has 2 heterocycles. The molecule has 2 aromatic rings. The fraction of sp³-hybridized carbons (Fsp3) is 0.435. The molecule has 0 unspecified atom stereocenters. The van der Waals surface area contributed by atoms with Gasteiger partial charge in [0, 0.05) is 12.6 Å². The van der Waals surface area contributed by atoms with Crippen LogP contribution in [0.5, 0.6) is 5.75 Å². The number of carbonyl (C=O) groups excluding carboxylic acids is 2. The van der Waals surface area contributed by atoms with Crippen LogP contribution in [-0.2, 0) is 4.79 Å². The standard InChI is InChI=1S/C23H27F3N4O3/c1-14-5-7-16(8-6-14)20(15(2)29-22(32)23(24,25)26)33-18-9-10-19(28-13-18)21(31)30-17-4-3-11-27-12-17/h5-10,13,15,17,20,27H,3-4,11-12H2,1-2H3,(H,29,32)(H,30,31)/t15-,17-,20-/m0/s1. The van der Waals surface area contributed by atoms with E-state index in [9.17, 15) is 22.8 Å². The minimum atomic E-state index is -5.00. The topological polar surface area (TPSA) is 92.3 Å². The molecule has 7 nitrogen and oxygen atoms in total. The molecule has 0 bridgehead atoms. The lowest BCUT2D eigenvalue weighted by molar-refractivity contribution is -0.174. The fourth-order valence-corrected chi connectivity index (χ4v) is 3.54. The summed E-state index contributed by atoms with van der Waals surface area (Å²) in [6.07, 6.45) is -2.70. The molecule has 2 amide bonds. The molecule has 0 saturated carbocycles. The third kappa shape index (κ3) is 6.92. The maximum atomic E-state index is 12.7. The second-order valence-electron chi connectivity index (χ2n) is 8.10. The van der Waals surface area contributed by atoms with E-state index < -0.39 is 24.2 Å². The predicted octanol–water partition coefficient (Wildman–Crippen LogP) is 3.06. The number of amides is 2. The van der Waals surface area contributed by atoms with Crippen molar-refractivity contribution in [2.45, 2.75) is 51.1 Å². The van der Waals surface area contributed by atoms with Crippen LogP contribution in [0.25, 0.3) is 0 Å². The van der Waals surface area contributed by atoms with E-state index in [1.807, 2.05) is 12.2 Å². The Kier molecular flexibility index (Phi) is 7.91. The van der Waals surface area contributed by atoms with Crippen molar-refractivity contribution >= 4 is 11.8 Å². The Morgan fingerprint density at radius 3 is 2.48 bits per heavy atom. The van der Waals surface area contributed by atoms with Gasteiger partial charge < -0.3 is 20.7 Å². The minimum Gasteiger partial charge on any atom is -0.482 e. The number of benzene rings is 1. The normalized spacial score (nSPS) is 18.2. The number of hydrogen-bond donors (Lipinski definition) is 3. The highest BCUT2D eigenvalue weighted by atomic mass is 19.4. The van der Waals surface area contributed by atoms with Crippen molar-refractivity contribution in [2.75, 3.05) is 13.1 Å². The van der Waals surface area contributed by atoms with Crippen molar-refractivity contribution in [3.05, 3.63) is 59.4 Å². The van der Waals surface area contributed by atoms with Crippen molar-refractivity contribution in [1.29, 1.82) is 0 Å². The minimum absolute atomic E-state index is 0.0352. The molecular weight excluding hydrogens is 437 g/mol. The monoisotopic (exact) mass is 464 g/mol. The van der Waals surface area contributed by atoms with Gasteiger partial charge in [-0.2, -0.15) is 13.2 Å². The van der Waals surface area contributed by atoms with E-state index in [4.69, 9.17) is 4.74 Å². The Bertz CT molecular complexity index is 943. The quantitative estimate of drug-likeness (QED) is 0.586. The number of aromatic nitrogens is 1. The SMILES string of the molecule is Cc1ccc([C@@H](Oc2ccc(C(=O)N[C@H]3CCCNC3)nc2)[C@H](C)NC(=O)C(F)(F)F)cc1. The van der Waals surface area contributed by atoms with Crippen LogP contribution in [-0.4, -0.2) is 48.1 Å². The first kappa shape index (κ1) is 24.5. The van der Waals surface area contributed by atoms with Crippen LogP contribution in [0.3, 0.4) is 0 Å². The first-order chi connectivity index (χ1) is 15.6. The van der Waals surface area contributed by atoms with Gasteiger partial charge in [-0.05, 0) is 50.9 Å². The summed E-state index contributed by atoms with van der Waals surface area (Å²) >= 11 is 0. The molecular formula is C23H27F3N4O3. The predicted molar refractivity (Wildman–Crippen MR) is 116 cm³/mol. The Hall–Kier alpha value is -3.14. The van der Waals surface area contributed by atoms with E-state index in [1.165, 1.54) is 25.3 Å². The van der Waals surface area contributed by atoms with Crippen LogP contribution in [0.1, 0.15) is 47.5 Å². The number of carbonyl (C=O) groups is 2. The van der Waals surface area contributed by atoms with E-state index in [-0.39, 0.29) is 23.4 Å². The van der Waals surface area contributed by atoms with Crippen LogP contribution >= 0.6 is 0 Å². The molecule has 1 fully saturated rings. The molecule has 1 aromatic heterocycles. The molecule has 1 aliphatic rings. The van der Waals surface area contributed by atoms with Crippen molar-refractivity contribution < 1.29 is 27.5 Å². The molecule has 178 valence electrons. The van der Waals surface area contributed by atoms with Crippen LogP contribution in [0.2, 0.25) is 0 Å². The highest BCUT2D eigenvalue weighted by Crippen LogP contribution is 2.26. The number of alkyl halides is 3. The lowest BCUT2D eigenvalue weighted by Crippen LogP contribution is -2.45. The smallest absolute Gasteiger partial charge is 0.471 e. The molecule has 1 aliphatic heterocycles. The number of nitrogens with one attached hydrogen (secondary N) is 3. The molecule has 33 heavy (non-hydrogen) atoms. The summed E-state index contributed by atoms with van der Waals surface area (Å²) in [4.78, 5) is 28.0. The molecule has 1 aromatic carbocycles. The Balaban J connectivity index is 1.72. The van der Waals surface area contributed by atoms with E-state index in [2.05, 4.69) is 15.6 Å². The number of ether oxygens (including phenoxy) is 1. The van der Waals surface area contributed by atoms with E-state index in [1.54, 1.807) is 24.3 Å². The van der Waals surface area contributed by atoms with Gasteiger partial charge in [0.15, 0.2) is 0 Å². The molecule has 0 radical (unpaired) electrons. The first-order valence-electron chi connectivity index (χ1n) is 10.7. The van der Waals surface area contributed by atoms with Crippen molar-refractivity contribution in [3.8, 4) is 5.75 Å². The number of rotatable bonds is 7. The molecule has 3 N–H and O–H groups in total. The van der Waals surface area contributed by atoms with Gasteiger partial charge in [0.2, 0.25) is 0 Å². The van der Waals surface area contributed by atoms with Crippen LogP contribution < -0.4 is 20.7 Å². The zero-order chi connectivity index (χ0) is 24.0. The zero-order valence-electron chi connectivity index (χ0n) is 18.4. The van der Waals surface area contributed by atoms with Gasteiger partial charge in [0.25, 0.3) is 5.91 Å². The maximum Gasteiger partial charge on any atom is 0.471 e. The summed E-state index contributed by atoms with van der Waals surface area (Å²) < 4.78 is 44.1. The fourth-order valence-electron chi connectivity index (χ4n) is 3.54. The van der Waals surface area contributed by atoms with Crippen LogP contribution in [0.15, 0.2) is 42.6 Å². The van der Waals surface area contributed by atoms with E-state index in [0.717, 1.165) is 24.9 Å². The molecule has 3 rings (SSSR count). The van der Waals surface area contributed by atoms with Gasteiger partial charge in [0.1, 0.15) is 17.5 Å². The lowest BCUT2D eigenvalue weighted by atomic mass is 10.0. The highest BCUT2D eigenvalue weighted by Gasteiger charge is 2.40. The van der Waals surface area contributed by atoms with Crippen LogP contribution in [0.4, 0.5) is 13.2 Å². The number of aryl methyl sites for hydroxylation is 1. The van der Waals surface area contributed by atoms with Gasteiger partial charge in [0.05, 0.1) is 12.2 Å². The average Bonchev–Trinajstić information content (AvgIpc) is 2.78. The van der Waals surface area contributed by atoms with Gasteiger partial charge in [-0.3, -0.25) is 9.59 Å².